The summed E-state index contributed by atoms with van der Waals surface area (Å²) in [5.74, 6) is 1.41. The number of anilines is 4. The largest absolute Gasteiger partial charge is 0.381 e. The van der Waals surface area contributed by atoms with Crippen LogP contribution in [-0.2, 0) is 21.1 Å². The lowest BCUT2D eigenvalue weighted by Gasteiger charge is -2.22. The topological polar surface area (TPSA) is 111 Å². The average molecular weight is 586 g/mol. The molecule has 2 aromatic heterocycles. The SMILES string of the molecule is CC(C)S(=O)(=O)c1ccccc1Nc1nc(Nc2ccc3c(cnn3CC3CCOCC3)c2)ncc1Br. The summed E-state index contributed by atoms with van der Waals surface area (Å²) in [6.07, 6.45) is 5.63. The molecule has 0 amide bonds. The van der Waals surface area contributed by atoms with E-state index in [1.165, 1.54) is 0 Å². The van der Waals surface area contributed by atoms with Crippen molar-refractivity contribution in [1.82, 2.24) is 19.7 Å². The minimum Gasteiger partial charge on any atom is -0.381 e. The number of benzene rings is 2. The summed E-state index contributed by atoms with van der Waals surface area (Å²) in [5.41, 5.74) is 2.37. The lowest BCUT2D eigenvalue weighted by Crippen LogP contribution is -2.20. The fraction of sp³-hybridized carbons (Fsp3) is 0.346. The number of aromatic nitrogens is 4. The van der Waals surface area contributed by atoms with E-state index in [2.05, 4.69) is 52.4 Å². The number of para-hydroxylation sites is 1. The molecule has 4 aromatic rings. The predicted octanol–water partition coefficient (Wildman–Crippen LogP) is 5.68. The number of fused-ring (bicyclic) bond motifs is 1. The van der Waals surface area contributed by atoms with Crippen LogP contribution in [0, 0.1) is 5.92 Å². The summed E-state index contributed by atoms with van der Waals surface area (Å²) in [6, 6.07) is 12.9. The van der Waals surface area contributed by atoms with E-state index in [4.69, 9.17) is 4.74 Å². The van der Waals surface area contributed by atoms with Gasteiger partial charge in [0.25, 0.3) is 0 Å². The van der Waals surface area contributed by atoms with Gasteiger partial charge in [-0.1, -0.05) is 12.1 Å². The van der Waals surface area contributed by atoms with Crippen LogP contribution in [0.1, 0.15) is 26.7 Å². The van der Waals surface area contributed by atoms with Gasteiger partial charge in [0.2, 0.25) is 5.95 Å². The van der Waals surface area contributed by atoms with E-state index >= 15 is 0 Å². The molecular formula is C26H29BrN6O3S. The van der Waals surface area contributed by atoms with Crippen LogP contribution in [0.25, 0.3) is 10.9 Å². The Kier molecular flexibility index (Phi) is 7.45. The van der Waals surface area contributed by atoms with E-state index in [1.54, 1.807) is 44.3 Å². The molecule has 1 aliphatic rings. The lowest BCUT2D eigenvalue weighted by molar-refractivity contribution is 0.0605. The van der Waals surface area contributed by atoms with Gasteiger partial charge in [0.15, 0.2) is 9.84 Å². The Balaban J connectivity index is 1.36. The van der Waals surface area contributed by atoms with Crippen LogP contribution in [0.3, 0.4) is 0 Å². The molecule has 37 heavy (non-hydrogen) atoms. The Hall–Kier alpha value is -3.02. The normalized spacial score (nSPS) is 14.8. The third kappa shape index (κ3) is 5.63. The fourth-order valence-electron chi connectivity index (χ4n) is 4.33. The van der Waals surface area contributed by atoms with Gasteiger partial charge in [-0.2, -0.15) is 10.1 Å². The van der Waals surface area contributed by atoms with Crippen molar-refractivity contribution in [2.45, 2.75) is 43.4 Å². The number of nitrogens with one attached hydrogen (secondary N) is 2. The molecule has 194 valence electrons. The summed E-state index contributed by atoms with van der Waals surface area (Å²) < 4.78 is 33.8. The highest BCUT2D eigenvalue weighted by Gasteiger charge is 2.23. The summed E-state index contributed by atoms with van der Waals surface area (Å²) >= 11 is 3.47. The van der Waals surface area contributed by atoms with Crippen molar-refractivity contribution in [3.05, 3.63) is 59.3 Å². The maximum Gasteiger partial charge on any atom is 0.229 e. The van der Waals surface area contributed by atoms with Crippen LogP contribution in [0.15, 0.2) is 64.2 Å². The Morgan fingerprint density at radius 2 is 1.89 bits per heavy atom. The molecular weight excluding hydrogens is 556 g/mol. The summed E-state index contributed by atoms with van der Waals surface area (Å²) in [6.45, 7) is 5.86. The van der Waals surface area contributed by atoms with Gasteiger partial charge in [-0.15, -0.1) is 0 Å². The van der Waals surface area contributed by atoms with Crippen molar-refractivity contribution in [1.29, 1.82) is 0 Å². The average Bonchev–Trinajstić information content (AvgIpc) is 3.28. The van der Waals surface area contributed by atoms with Crippen LogP contribution in [0.5, 0.6) is 0 Å². The molecule has 0 bridgehead atoms. The Morgan fingerprint density at radius 1 is 1.11 bits per heavy atom. The first-order valence-corrected chi connectivity index (χ1v) is 14.6. The van der Waals surface area contributed by atoms with Crippen LogP contribution in [-0.4, -0.2) is 46.6 Å². The fourth-order valence-corrected chi connectivity index (χ4v) is 5.82. The number of sulfone groups is 1. The predicted molar refractivity (Wildman–Crippen MR) is 148 cm³/mol. The van der Waals surface area contributed by atoms with Crippen molar-refractivity contribution >= 4 is 59.8 Å². The van der Waals surface area contributed by atoms with E-state index in [0.717, 1.165) is 49.2 Å². The van der Waals surface area contributed by atoms with Gasteiger partial charge in [-0.25, -0.2) is 13.4 Å². The highest BCUT2D eigenvalue weighted by Crippen LogP contribution is 2.31. The van der Waals surface area contributed by atoms with Crippen molar-refractivity contribution in [3.8, 4) is 0 Å². The number of hydrogen-bond donors (Lipinski definition) is 2. The molecule has 2 aromatic carbocycles. The molecule has 11 heteroatoms. The van der Waals surface area contributed by atoms with Gasteiger partial charge >= 0.3 is 0 Å². The quantitative estimate of drug-likeness (QED) is 0.272. The number of nitrogens with zero attached hydrogens (tertiary/aromatic N) is 4. The Bertz CT molecular complexity index is 1520. The van der Waals surface area contributed by atoms with E-state index < -0.39 is 15.1 Å². The molecule has 0 spiro atoms. The molecule has 0 unspecified atom stereocenters. The van der Waals surface area contributed by atoms with E-state index in [0.29, 0.717) is 27.8 Å². The van der Waals surface area contributed by atoms with Gasteiger partial charge in [0.05, 0.1) is 32.0 Å². The van der Waals surface area contributed by atoms with Crippen LogP contribution in [0.2, 0.25) is 0 Å². The highest BCUT2D eigenvalue weighted by molar-refractivity contribution is 9.10. The van der Waals surface area contributed by atoms with E-state index in [1.807, 2.05) is 18.3 Å². The maximum absolute atomic E-state index is 12.8. The first kappa shape index (κ1) is 25.6. The molecule has 9 nitrogen and oxygen atoms in total. The van der Waals surface area contributed by atoms with Crippen LogP contribution in [0.4, 0.5) is 23.1 Å². The minimum absolute atomic E-state index is 0.230. The second kappa shape index (κ2) is 10.8. The summed E-state index contributed by atoms with van der Waals surface area (Å²) in [7, 11) is -3.48. The molecule has 1 fully saturated rings. The first-order valence-electron chi connectivity index (χ1n) is 12.2. The summed E-state index contributed by atoms with van der Waals surface area (Å²) in [5, 5.41) is 11.5. The van der Waals surface area contributed by atoms with Gasteiger partial charge < -0.3 is 15.4 Å². The smallest absolute Gasteiger partial charge is 0.229 e. The third-order valence-electron chi connectivity index (χ3n) is 6.48. The standard InChI is InChI=1S/C26H29BrN6O3S/c1-17(2)37(34,35)24-6-4-3-5-22(24)31-25-21(27)15-28-26(32-25)30-20-7-8-23-19(13-20)14-29-33(23)16-18-9-11-36-12-10-18/h3-8,13-15,17-18H,9-12,16H2,1-2H3,(H2,28,30,31,32). The van der Waals surface area contributed by atoms with Gasteiger partial charge in [0, 0.05) is 37.0 Å². The number of ether oxygens (including phenoxy) is 1. The van der Waals surface area contributed by atoms with Crippen LogP contribution >= 0.6 is 15.9 Å². The number of hydrogen-bond acceptors (Lipinski definition) is 8. The second-order valence-corrected chi connectivity index (χ2v) is 12.7. The molecule has 1 aliphatic heterocycles. The van der Waals surface area contributed by atoms with Crippen molar-refractivity contribution in [2.24, 2.45) is 5.92 Å². The lowest BCUT2D eigenvalue weighted by atomic mass is 10.0. The maximum atomic E-state index is 12.8. The molecule has 0 aliphatic carbocycles. The molecule has 5 rings (SSSR count). The zero-order chi connectivity index (χ0) is 26.0. The first-order chi connectivity index (χ1) is 17.8. The molecule has 3 heterocycles. The minimum atomic E-state index is -3.48. The van der Waals surface area contributed by atoms with Gasteiger partial charge in [-0.05, 0) is 78.9 Å². The monoisotopic (exact) mass is 584 g/mol. The van der Waals surface area contributed by atoms with Crippen molar-refractivity contribution in [2.75, 3.05) is 23.8 Å². The van der Waals surface area contributed by atoms with Gasteiger partial charge in [-0.3, -0.25) is 4.68 Å². The zero-order valence-corrected chi connectivity index (χ0v) is 23.1. The molecule has 0 atom stereocenters. The van der Waals surface area contributed by atoms with E-state index in [9.17, 15) is 8.42 Å². The molecule has 2 N–H and O–H groups in total. The van der Waals surface area contributed by atoms with Crippen molar-refractivity contribution < 1.29 is 13.2 Å². The summed E-state index contributed by atoms with van der Waals surface area (Å²) in [4.78, 5) is 9.19. The Labute approximate surface area is 224 Å². The van der Waals surface area contributed by atoms with E-state index in [-0.39, 0.29) is 4.90 Å². The third-order valence-corrected chi connectivity index (χ3v) is 9.27. The number of rotatable bonds is 8. The second-order valence-electron chi connectivity index (χ2n) is 9.39. The molecule has 0 radical (unpaired) electrons. The van der Waals surface area contributed by atoms with Crippen molar-refractivity contribution in [3.63, 3.8) is 0 Å². The zero-order valence-electron chi connectivity index (χ0n) is 20.7. The molecule has 1 saturated heterocycles. The van der Waals surface area contributed by atoms with Gasteiger partial charge in [0.1, 0.15) is 5.82 Å². The molecule has 0 saturated carbocycles. The van der Waals surface area contributed by atoms with Crippen LogP contribution < -0.4 is 10.6 Å². The highest BCUT2D eigenvalue weighted by atomic mass is 79.9. The number of halogens is 1. The Morgan fingerprint density at radius 3 is 2.68 bits per heavy atom.